The molecule has 2 saturated heterocycles. The van der Waals surface area contributed by atoms with Crippen molar-refractivity contribution >= 4 is 11.7 Å². The molecule has 232 valence electrons. The summed E-state index contributed by atoms with van der Waals surface area (Å²) in [6.45, 7) is 19.4. The molecule has 0 N–H and O–H groups in total. The van der Waals surface area contributed by atoms with Crippen LogP contribution in [0.5, 0.6) is 11.6 Å². The van der Waals surface area contributed by atoms with E-state index in [4.69, 9.17) is 4.74 Å². The monoisotopic (exact) mass is 583 g/mol. The summed E-state index contributed by atoms with van der Waals surface area (Å²) in [6, 6.07) is 4.52. The standard InChI is InChI=1S/C32H50FN7O2/c1-10-40(23(4)5)30(41)25-17-24(33)11-12-27(25)42-29-28(34-21-35-36-29)38-16-15-32(18-38)19-39(20-32)26(22(2)3)13-14-31(6,7)37(8)9/h11-12,17,21-23,26H,10,13-16,18-20H2,1-9H3/t26-/m1/s1. The SMILES string of the molecule is CCN(C(=O)c1cc(F)ccc1Oc1nncnc1N1CCC2(C1)CN([C@H](CCC(C)(C)N(C)C)C(C)C)C2)C(C)C. The highest BCUT2D eigenvalue weighted by Gasteiger charge is 2.50. The van der Waals surface area contributed by atoms with Gasteiger partial charge in [0, 0.05) is 55.8 Å². The quantitative estimate of drug-likeness (QED) is 0.332. The second-order valence-corrected chi connectivity index (χ2v) is 13.6. The summed E-state index contributed by atoms with van der Waals surface area (Å²) < 4.78 is 20.5. The molecule has 1 aromatic carbocycles. The van der Waals surface area contributed by atoms with Crippen LogP contribution in [0.1, 0.15) is 78.1 Å². The maximum atomic E-state index is 14.3. The van der Waals surface area contributed by atoms with E-state index in [-0.39, 0.29) is 40.1 Å². The van der Waals surface area contributed by atoms with E-state index in [0.29, 0.717) is 24.3 Å². The molecule has 0 aliphatic carbocycles. The third-order valence-electron chi connectivity index (χ3n) is 9.49. The number of aromatic nitrogens is 3. The van der Waals surface area contributed by atoms with E-state index in [1.807, 2.05) is 20.8 Å². The van der Waals surface area contributed by atoms with Crippen molar-refractivity contribution in [2.75, 3.05) is 51.7 Å². The van der Waals surface area contributed by atoms with Crippen molar-refractivity contribution in [1.29, 1.82) is 0 Å². The minimum absolute atomic E-state index is 0.0371. The largest absolute Gasteiger partial charge is 0.434 e. The first kappa shape index (κ1) is 32.1. The summed E-state index contributed by atoms with van der Waals surface area (Å²) in [7, 11) is 4.33. The van der Waals surface area contributed by atoms with Gasteiger partial charge in [0.2, 0.25) is 0 Å². The summed E-state index contributed by atoms with van der Waals surface area (Å²) in [5.41, 5.74) is 0.545. The lowest BCUT2D eigenvalue weighted by molar-refractivity contribution is -0.0373. The van der Waals surface area contributed by atoms with Gasteiger partial charge in [-0.05, 0) is 92.1 Å². The molecule has 4 rings (SSSR count). The molecular weight excluding hydrogens is 533 g/mol. The highest BCUT2D eigenvalue weighted by molar-refractivity contribution is 5.97. The van der Waals surface area contributed by atoms with Gasteiger partial charge in [-0.3, -0.25) is 9.69 Å². The summed E-state index contributed by atoms with van der Waals surface area (Å²) in [5, 5.41) is 8.22. The fourth-order valence-corrected chi connectivity index (χ4v) is 6.39. The Bertz CT molecular complexity index is 1230. The van der Waals surface area contributed by atoms with Crippen LogP contribution < -0.4 is 9.64 Å². The lowest BCUT2D eigenvalue weighted by Crippen LogP contribution is -2.62. The molecular formula is C32H50FN7O2. The molecule has 0 unspecified atom stereocenters. The zero-order chi connectivity index (χ0) is 30.8. The minimum Gasteiger partial charge on any atom is -0.434 e. The number of carbonyl (C=O) groups is 1. The summed E-state index contributed by atoms with van der Waals surface area (Å²) in [5.74, 6) is 0.883. The fraction of sp³-hybridized carbons (Fsp3) is 0.688. The highest BCUT2D eigenvalue weighted by Crippen LogP contribution is 2.45. The molecule has 1 aromatic heterocycles. The Morgan fingerprint density at radius 2 is 1.88 bits per heavy atom. The number of hydrogen-bond donors (Lipinski definition) is 0. The molecule has 2 aliphatic rings. The van der Waals surface area contributed by atoms with Gasteiger partial charge in [-0.15, -0.1) is 10.2 Å². The van der Waals surface area contributed by atoms with Gasteiger partial charge in [-0.25, -0.2) is 9.37 Å². The van der Waals surface area contributed by atoms with E-state index in [9.17, 15) is 9.18 Å². The van der Waals surface area contributed by atoms with E-state index in [0.717, 1.165) is 39.0 Å². The van der Waals surface area contributed by atoms with Gasteiger partial charge in [-0.2, -0.15) is 0 Å². The average molecular weight is 584 g/mol. The first-order valence-electron chi connectivity index (χ1n) is 15.4. The minimum atomic E-state index is -0.496. The predicted molar refractivity (Wildman–Crippen MR) is 165 cm³/mol. The maximum Gasteiger partial charge on any atom is 0.282 e. The molecule has 2 aromatic rings. The van der Waals surface area contributed by atoms with Crippen molar-refractivity contribution in [3.63, 3.8) is 0 Å². The van der Waals surface area contributed by atoms with Gasteiger partial charge in [-0.1, -0.05) is 13.8 Å². The summed E-state index contributed by atoms with van der Waals surface area (Å²) in [4.78, 5) is 26.8. The van der Waals surface area contributed by atoms with Gasteiger partial charge < -0.3 is 19.4 Å². The zero-order valence-corrected chi connectivity index (χ0v) is 27.0. The van der Waals surface area contributed by atoms with Gasteiger partial charge >= 0.3 is 0 Å². The highest BCUT2D eigenvalue weighted by atomic mass is 19.1. The number of nitrogens with zero attached hydrogens (tertiary/aromatic N) is 7. The van der Waals surface area contributed by atoms with E-state index in [1.54, 1.807) is 4.90 Å². The van der Waals surface area contributed by atoms with Crippen LogP contribution in [0.2, 0.25) is 0 Å². The Labute approximate surface area is 251 Å². The van der Waals surface area contributed by atoms with Gasteiger partial charge in [0.05, 0.1) is 5.56 Å². The number of rotatable bonds is 12. The molecule has 2 aliphatic heterocycles. The van der Waals surface area contributed by atoms with Gasteiger partial charge in [0.25, 0.3) is 11.8 Å². The number of amides is 1. The summed E-state index contributed by atoms with van der Waals surface area (Å²) in [6.07, 6.45) is 4.84. The number of carbonyl (C=O) groups excluding carboxylic acids is 1. The third kappa shape index (κ3) is 6.86. The van der Waals surface area contributed by atoms with Crippen molar-refractivity contribution in [3.05, 3.63) is 35.9 Å². The number of halogens is 1. The second kappa shape index (κ2) is 12.8. The average Bonchev–Trinajstić information content (AvgIpc) is 3.35. The van der Waals surface area contributed by atoms with E-state index in [1.165, 1.54) is 30.9 Å². The van der Waals surface area contributed by atoms with Crippen molar-refractivity contribution in [2.45, 2.75) is 85.4 Å². The predicted octanol–water partition coefficient (Wildman–Crippen LogP) is 5.33. The maximum absolute atomic E-state index is 14.3. The van der Waals surface area contributed by atoms with E-state index >= 15 is 0 Å². The number of ether oxygens (including phenoxy) is 1. The topological polar surface area (TPSA) is 77.9 Å². The normalized spacial score (nSPS) is 17.8. The third-order valence-corrected chi connectivity index (χ3v) is 9.49. The second-order valence-electron chi connectivity index (χ2n) is 13.6. The van der Waals surface area contributed by atoms with Crippen molar-refractivity contribution < 1.29 is 13.9 Å². The smallest absolute Gasteiger partial charge is 0.282 e. The molecule has 3 heterocycles. The van der Waals surface area contributed by atoms with Crippen LogP contribution in [0.3, 0.4) is 0 Å². The molecule has 0 radical (unpaired) electrons. The van der Waals surface area contributed by atoms with Crippen molar-refractivity contribution in [3.8, 4) is 11.6 Å². The first-order chi connectivity index (χ1) is 19.8. The zero-order valence-electron chi connectivity index (χ0n) is 27.0. The number of anilines is 1. The first-order valence-corrected chi connectivity index (χ1v) is 15.4. The molecule has 1 atom stereocenters. The molecule has 42 heavy (non-hydrogen) atoms. The van der Waals surface area contributed by atoms with E-state index < -0.39 is 5.82 Å². The van der Waals surface area contributed by atoms with Crippen LogP contribution in [0.25, 0.3) is 0 Å². The number of hydrogen-bond acceptors (Lipinski definition) is 8. The summed E-state index contributed by atoms with van der Waals surface area (Å²) >= 11 is 0. The molecule has 9 nitrogen and oxygen atoms in total. The molecule has 2 fully saturated rings. The van der Waals surface area contributed by atoms with Crippen LogP contribution in [0.15, 0.2) is 24.5 Å². The Kier molecular flexibility index (Phi) is 9.77. The van der Waals surface area contributed by atoms with Crippen LogP contribution in [0, 0.1) is 17.2 Å². The number of benzene rings is 1. The van der Waals surface area contributed by atoms with Gasteiger partial charge in [0.15, 0.2) is 5.82 Å². The molecule has 10 heteroatoms. The number of likely N-dealkylation sites (tertiary alicyclic amines) is 1. The Morgan fingerprint density at radius 3 is 2.50 bits per heavy atom. The Balaban J connectivity index is 1.47. The molecule has 1 spiro atoms. The Hall–Kier alpha value is -2.85. The lowest BCUT2D eigenvalue weighted by Gasteiger charge is -2.53. The fourth-order valence-electron chi connectivity index (χ4n) is 6.39. The van der Waals surface area contributed by atoms with Crippen LogP contribution in [-0.4, -0.2) is 100 Å². The van der Waals surface area contributed by atoms with Crippen molar-refractivity contribution in [2.24, 2.45) is 11.3 Å². The van der Waals surface area contributed by atoms with Crippen LogP contribution in [0.4, 0.5) is 10.2 Å². The molecule has 0 bridgehead atoms. The van der Waals surface area contributed by atoms with Gasteiger partial charge in [0.1, 0.15) is 17.9 Å². The molecule has 1 amide bonds. The van der Waals surface area contributed by atoms with Crippen LogP contribution in [-0.2, 0) is 0 Å². The van der Waals surface area contributed by atoms with Crippen molar-refractivity contribution in [1.82, 2.24) is 29.9 Å². The Morgan fingerprint density at radius 1 is 1.17 bits per heavy atom. The lowest BCUT2D eigenvalue weighted by atomic mass is 9.76. The molecule has 0 saturated carbocycles. The van der Waals surface area contributed by atoms with E-state index in [2.05, 4.69) is 71.7 Å². The van der Waals surface area contributed by atoms with Crippen LogP contribution >= 0.6 is 0 Å².